The number of carboxylic acids is 1. The van der Waals surface area contributed by atoms with Crippen LogP contribution in [0.1, 0.15) is 21.7 Å². The first-order valence-electron chi connectivity index (χ1n) is 9.72. The molecule has 1 unspecified atom stereocenters. The van der Waals surface area contributed by atoms with Gasteiger partial charge < -0.3 is 19.5 Å². The van der Waals surface area contributed by atoms with Crippen LogP contribution in [0.5, 0.6) is 5.75 Å². The quantitative estimate of drug-likeness (QED) is 0.469. The molecule has 0 spiro atoms. The number of aliphatic hydroxyl groups is 1. The van der Waals surface area contributed by atoms with Crippen LogP contribution in [0.25, 0.3) is 11.0 Å². The number of nitrogens with zero attached hydrogens (tertiary/aromatic N) is 2. The molecule has 3 aromatic carbocycles. The van der Waals surface area contributed by atoms with Crippen LogP contribution in [0.15, 0.2) is 78.9 Å². The SMILES string of the molecule is O=C(O)c1ccc(OCC(O)Cn2c(Cc3ccccc3)nc3ccccc32)cc1. The fourth-order valence-corrected chi connectivity index (χ4v) is 3.39. The van der Waals surface area contributed by atoms with Gasteiger partial charge in [-0.2, -0.15) is 0 Å². The van der Waals surface area contributed by atoms with Gasteiger partial charge in [0.15, 0.2) is 0 Å². The average Bonchev–Trinajstić information content (AvgIpc) is 3.10. The van der Waals surface area contributed by atoms with E-state index >= 15 is 0 Å². The molecule has 0 bridgehead atoms. The van der Waals surface area contributed by atoms with Gasteiger partial charge in [-0.05, 0) is 42.0 Å². The van der Waals surface area contributed by atoms with Crippen LogP contribution in [0.2, 0.25) is 0 Å². The van der Waals surface area contributed by atoms with E-state index in [1.807, 2.05) is 47.0 Å². The molecule has 30 heavy (non-hydrogen) atoms. The summed E-state index contributed by atoms with van der Waals surface area (Å²) in [4.78, 5) is 15.7. The second-order valence-corrected chi connectivity index (χ2v) is 7.08. The van der Waals surface area contributed by atoms with Crippen molar-refractivity contribution in [3.05, 3.63) is 95.8 Å². The van der Waals surface area contributed by atoms with Gasteiger partial charge in [-0.25, -0.2) is 9.78 Å². The zero-order valence-electron chi connectivity index (χ0n) is 16.3. The summed E-state index contributed by atoms with van der Waals surface area (Å²) in [5.74, 6) is 0.408. The maximum atomic E-state index is 10.9. The molecule has 1 atom stereocenters. The maximum Gasteiger partial charge on any atom is 0.335 e. The fraction of sp³-hybridized carbons (Fsp3) is 0.167. The van der Waals surface area contributed by atoms with Gasteiger partial charge in [0.05, 0.1) is 23.1 Å². The first-order valence-corrected chi connectivity index (χ1v) is 9.72. The first-order chi connectivity index (χ1) is 14.6. The Morgan fingerprint density at radius 3 is 2.40 bits per heavy atom. The molecular formula is C24H22N2O4. The maximum absolute atomic E-state index is 10.9. The Balaban J connectivity index is 1.49. The first kappa shape index (κ1) is 19.7. The number of rotatable bonds is 8. The summed E-state index contributed by atoms with van der Waals surface area (Å²) in [6.07, 6.45) is -0.0870. The Hall–Kier alpha value is -3.64. The molecule has 0 amide bonds. The van der Waals surface area contributed by atoms with E-state index in [1.54, 1.807) is 12.1 Å². The highest BCUT2D eigenvalue weighted by molar-refractivity contribution is 5.87. The predicted octanol–water partition coefficient (Wildman–Crippen LogP) is 3.77. The van der Waals surface area contributed by atoms with Crippen molar-refractivity contribution >= 4 is 17.0 Å². The van der Waals surface area contributed by atoms with Gasteiger partial charge >= 0.3 is 5.97 Å². The number of benzene rings is 3. The molecule has 0 saturated heterocycles. The third-order valence-corrected chi connectivity index (χ3v) is 4.88. The predicted molar refractivity (Wildman–Crippen MR) is 114 cm³/mol. The molecule has 1 heterocycles. The van der Waals surface area contributed by atoms with Crippen LogP contribution in [-0.4, -0.2) is 38.4 Å². The standard InChI is InChI=1S/C24H22N2O4/c27-19(16-30-20-12-10-18(11-13-20)24(28)29)15-26-22-9-5-4-8-21(22)25-23(26)14-17-6-2-1-3-7-17/h1-13,19,27H,14-16H2,(H,28,29). The number of aliphatic hydroxyl groups excluding tert-OH is 1. The van der Waals surface area contributed by atoms with Crippen molar-refractivity contribution in [2.45, 2.75) is 19.1 Å². The molecule has 0 aliphatic heterocycles. The molecule has 6 nitrogen and oxygen atoms in total. The van der Waals surface area contributed by atoms with E-state index in [9.17, 15) is 9.90 Å². The molecule has 6 heteroatoms. The van der Waals surface area contributed by atoms with Gasteiger partial charge in [0.25, 0.3) is 0 Å². The van der Waals surface area contributed by atoms with Crippen molar-refractivity contribution in [1.29, 1.82) is 0 Å². The van der Waals surface area contributed by atoms with Crippen molar-refractivity contribution in [2.24, 2.45) is 0 Å². The zero-order chi connectivity index (χ0) is 20.9. The van der Waals surface area contributed by atoms with Gasteiger partial charge in [0.2, 0.25) is 0 Å². The number of aromatic nitrogens is 2. The van der Waals surface area contributed by atoms with Gasteiger partial charge in [-0.3, -0.25) is 0 Å². The molecule has 0 aliphatic carbocycles. The third kappa shape index (κ3) is 4.50. The molecule has 0 aliphatic rings. The Bertz CT molecular complexity index is 1140. The normalized spacial score (nSPS) is 12.0. The fourth-order valence-electron chi connectivity index (χ4n) is 3.39. The summed E-state index contributed by atoms with van der Waals surface area (Å²) in [6.45, 7) is 0.430. The Labute approximate surface area is 174 Å². The minimum absolute atomic E-state index is 0.0870. The molecule has 1 aromatic heterocycles. The molecule has 2 N–H and O–H groups in total. The van der Waals surface area contributed by atoms with E-state index in [0.29, 0.717) is 18.7 Å². The molecular weight excluding hydrogens is 380 g/mol. The Morgan fingerprint density at radius 1 is 0.967 bits per heavy atom. The topological polar surface area (TPSA) is 84.6 Å². The summed E-state index contributed by atoms with van der Waals surface area (Å²) in [7, 11) is 0. The van der Waals surface area contributed by atoms with E-state index in [-0.39, 0.29) is 12.2 Å². The highest BCUT2D eigenvalue weighted by Crippen LogP contribution is 2.20. The highest BCUT2D eigenvalue weighted by Gasteiger charge is 2.15. The lowest BCUT2D eigenvalue weighted by atomic mass is 10.1. The van der Waals surface area contributed by atoms with E-state index in [4.69, 9.17) is 14.8 Å². The number of para-hydroxylation sites is 2. The van der Waals surface area contributed by atoms with Gasteiger partial charge in [-0.1, -0.05) is 42.5 Å². The van der Waals surface area contributed by atoms with Crippen molar-refractivity contribution in [1.82, 2.24) is 9.55 Å². The third-order valence-electron chi connectivity index (χ3n) is 4.88. The molecule has 4 rings (SSSR count). The number of hydrogen-bond donors (Lipinski definition) is 2. The second kappa shape index (κ2) is 8.80. The molecule has 0 saturated carbocycles. The zero-order valence-corrected chi connectivity index (χ0v) is 16.3. The minimum atomic E-state index is -0.987. The van der Waals surface area contributed by atoms with Crippen molar-refractivity contribution in [3.8, 4) is 5.75 Å². The number of hydrogen-bond acceptors (Lipinski definition) is 4. The lowest BCUT2D eigenvalue weighted by Crippen LogP contribution is -2.24. The number of imidazole rings is 1. The average molecular weight is 402 g/mol. The Morgan fingerprint density at radius 2 is 1.67 bits per heavy atom. The van der Waals surface area contributed by atoms with Crippen LogP contribution in [-0.2, 0) is 13.0 Å². The van der Waals surface area contributed by atoms with Crippen molar-refractivity contribution in [2.75, 3.05) is 6.61 Å². The highest BCUT2D eigenvalue weighted by atomic mass is 16.5. The number of fused-ring (bicyclic) bond motifs is 1. The summed E-state index contributed by atoms with van der Waals surface area (Å²) in [6, 6.07) is 24.1. The lowest BCUT2D eigenvalue weighted by Gasteiger charge is -2.16. The molecule has 0 fully saturated rings. The smallest absolute Gasteiger partial charge is 0.335 e. The summed E-state index contributed by atoms with van der Waals surface area (Å²) < 4.78 is 7.68. The molecule has 152 valence electrons. The molecule has 0 radical (unpaired) electrons. The number of carbonyl (C=O) groups is 1. The van der Waals surface area contributed by atoms with Crippen molar-refractivity contribution in [3.63, 3.8) is 0 Å². The van der Waals surface area contributed by atoms with Gasteiger partial charge in [0.1, 0.15) is 24.3 Å². The van der Waals surface area contributed by atoms with Gasteiger partial charge in [0, 0.05) is 6.42 Å². The number of ether oxygens (including phenoxy) is 1. The van der Waals surface area contributed by atoms with Gasteiger partial charge in [-0.15, -0.1) is 0 Å². The second-order valence-electron chi connectivity index (χ2n) is 7.08. The summed E-state index contributed by atoms with van der Waals surface area (Å²) in [5.41, 5.74) is 3.20. The Kier molecular flexibility index (Phi) is 5.77. The van der Waals surface area contributed by atoms with E-state index in [2.05, 4.69) is 12.1 Å². The van der Waals surface area contributed by atoms with Crippen LogP contribution >= 0.6 is 0 Å². The van der Waals surface area contributed by atoms with E-state index < -0.39 is 12.1 Å². The monoisotopic (exact) mass is 402 g/mol. The summed E-state index contributed by atoms with van der Waals surface area (Å²) >= 11 is 0. The minimum Gasteiger partial charge on any atom is -0.491 e. The largest absolute Gasteiger partial charge is 0.491 e. The van der Waals surface area contributed by atoms with Crippen LogP contribution in [0.3, 0.4) is 0 Å². The van der Waals surface area contributed by atoms with Crippen LogP contribution in [0, 0.1) is 0 Å². The van der Waals surface area contributed by atoms with Crippen LogP contribution in [0.4, 0.5) is 0 Å². The lowest BCUT2D eigenvalue weighted by molar-refractivity contribution is 0.0696. The van der Waals surface area contributed by atoms with E-state index in [1.165, 1.54) is 12.1 Å². The van der Waals surface area contributed by atoms with Crippen molar-refractivity contribution < 1.29 is 19.7 Å². The number of aromatic carboxylic acids is 1. The van der Waals surface area contributed by atoms with E-state index in [0.717, 1.165) is 22.4 Å². The number of carboxylic acid groups (broad SMARTS) is 1. The molecule has 4 aromatic rings. The van der Waals surface area contributed by atoms with Crippen LogP contribution < -0.4 is 4.74 Å². The summed E-state index contributed by atoms with van der Waals surface area (Å²) in [5, 5.41) is 19.6.